The third-order valence-electron chi connectivity index (χ3n) is 3.52. The highest BCUT2D eigenvalue weighted by Gasteiger charge is 2.29. The minimum Gasteiger partial charge on any atom is -0.388 e. The van der Waals surface area contributed by atoms with E-state index >= 15 is 0 Å². The summed E-state index contributed by atoms with van der Waals surface area (Å²) in [5, 5.41) is 15.1. The lowest BCUT2D eigenvalue weighted by Crippen LogP contribution is -2.45. The Hall–Kier alpha value is -1.05. The molecule has 108 valence electrons. The number of aromatic nitrogens is 2. The molecule has 3 heterocycles. The number of nitrogens with one attached hydrogen (secondary N) is 1. The Morgan fingerprint density at radius 2 is 2.30 bits per heavy atom. The van der Waals surface area contributed by atoms with Crippen molar-refractivity contribution in [3.05, 3.63) is 23.5 Å². The Morgan fingerprint density at radius 1 is 1.50 bits per heavy atom. The van der Waals surface area contributed by atoms with E-state index in [4.69, 9.17) is 0 Å². The van der Waals surface area contributed by atoms with Crippen molar-refractivity contribution in [3.63, 3.8) is 0 Å². The first-order chi connectivity index (χ1) is 9.65. The van der Waals surface area contributed by atoms with Crippen LogP contribution in [-0.4, -0.2) is 44.0 Å². The van der Waals surface area contributed by atoms with Gasteiger partial charge in [-0.2, -0.15) is 11.8 Å². The normalized spacial score (nSPS) is 18.2. The van der Waals surface area contributed by atoms with Crippen molar-refractivity contribution in [1.29, 1.82) is 0 Å². The van der Waals surface area contributed by atoms with E-state index in [9.17, 15) is 9.90 Å². The maximum absolute atomic E-state index is 11.9. The molecule has 0 aliphatic carbocycles. The van der Waals surface area contributed by atoms with Crippen LogP contribution in [0.5, 0.6) is 0 Å². The summed E-state index contributed by atoms with van der Waals surface area (Å²) in [6, 6.07) is 0. The number of carbonyl (C=O) groups is 1. The van der Waals surface area contributed by atoms with Crippen molar-refractivity contribution in [2.24, 2.45) is 0 Å². The van der Waals surface area contributed by atoms with Gasteiger partial charge in [0.15, 0.2) is 4.96 Å². The molecule has 7 heteroatoms. The number of aliphatic hydroxyl groups is 1. The van der Waals surface area contributed by atoms with Gasteiger partial charge in [-0.1, -0.05) is 0 Å². The molecule has 2 aromatic rings. The molecular weight excluding hydrogens is 294 g/mol. The second-order valence-corrected chi connectivity index (χ2v) is 7.21. The van der Waals surface area contributed by atoms with Crippen molar-refractivity contribution in [1.82, 2.24) is 14.7 Å². The molecule has 1 aliphatic rings. The summed E-state index contributed by atoms with van der Waals surface area (Å²) in [6.07, 6.45) is 5.56. The summed E-state index contributed by atoms with van der Waals surface area (Å²) in [5.41, 5.74) is 0.0377. The topological polar surface area (TPSA) is 66.6 Å². The standard InChI is InChI=1S/C13H17N3O2S2/c17-11(14-9-13(18)1-4-19-5-2-13)7-10-8-16-3-6-20-12(16)15-10/h3,6,8,18H,1-2,4-5,7,9H2,(H,14,17). The van der Waals surface area contributed by atoms with Crippen molar-refractivity contribution in [2.75, 3.05) is 18.1 Å². The molecule has 2 aromatic heterocycles. The summed E-state index contributed by atoms with van der Waals surface area (Å²) >= 11 is 3.40. The van der Waals surface area contributed by atoms with Gasteiger partial charge < -0.3 is 10.4 Å². The van der Waals surface area contributed by atoms with Gasteiger partial charge in [0, 0.05) is 24.3 Å². The van der Waals surface area contributed by atoms with Gasteiger partial charge in [-0.15, -0.1) is 11.3 Å². The smallest absolute Gasteiger partial charge is 0.226 e. The molecule has 0 saturated carbocycles. The Balaban J connectivity index is 1.53. The van der Waals surface area contributed by atoms with Crippen LogP contribution >= 0.6 is 23.1 Å². The van der Waals surface area contributed by atoms with Crippen LogP contribution < -0.4 is 5.32 Å². The molecule has 1 aliphatic heterocycles. The van der Waals surface area contributed by atoms with Crippen LogP contribution in [0.4, 0.5) is 0 Å². The van der Waals surface area contributed by atoms with Gasteiger partial charge in [0.2, 0.25) is 5.91 Å². The van der Waals surface area contributed by atoms with E-state index in [1.807, 2.05) is 33.9 Å². The first-order valence-electron chi connectivity index (χ1n) is 6.63. The Labute approximate surface area is 125 Å². The molecule has 0 bridgehead atoms. The summed E-state index contributed by atoms with van der Waals surface area (Å²) in [6.45, 7) is 0.342. The van der Waals surface area contributed by atoms with E-state index < -0.39 is 5.60 Å². The third kappa shape index (κ3) is 3.16. The molecule has 5 nitrogen and oxygen atoms in total. The number of carbonyl (C=O) groups excluding carboxylic acids is 1. The lowest BCUT2D eigenvalue weighted by Gasteiger charge is -2.31. The van der Waals surface area contributed by atoms with Crippen molar-refractivity contribution >= 4 is 34.0 Å². The van der Waals surface area contributed by atoms with E-state index in [-0.39, 0.29) is 12.3 Å². The summed E-state index contributed by atoms with van der Waals surface area (Å²) in [4.78, 5) is 17.2. The lowest BCUT2D eigenvalue weighted by molar-refractivity contribution is -0.121. The quantitative estimate of drug-likeness (QED) is 0.893. The molecule has 1 saturated heterocycles. The highest BCUT2D eigenvalue weighted by atomic mass is 32.2. The highest BCUT2D eigenvalue weighted by molar-refractivity contribution is 7.99. The van der Waals surface area contributed by atoms with Gasteiger partial charge in [0.05, 0.1) is 17.7 Å². The van der Waals surface area contributed by atoms with Crippen LogP contribution in [0.3, 0.4) is 0 Å². The number of thiazole rings is 1. The predicted molar refractivity (Wildman–Crippen MR) is 81.3 cm³/mol. The monoisotopic (exact) mass is 311 g/mol. The molecular formula is C13H17N3O2S2. The third-order valence-corrected chi connectivity index (χ3v) is 5.28. The van der Waals surface area contributed by atoms with Crippen LogP contribution in [0.15, 0.2) is 17.8 Å². The lowest BCUT2D eigenvalue weighted by atomic mass is 9.97. The van der Waals surface area contributed by atoms with Crippen LogP contribution in [0.2, 0.25) is 0 Å². The first kappa shape index (κ1) is 13.9. The SMILES string of the molecule is O=C(Cc1cn2ccsc2n1)NCC1(O)CCSCC1. The zero-order chi connectivity index (χ0) is 14.0. The van der Waals surface area contributed by atoms with Gasteiger partial charge in [-0.3, -0.25) is 9.20 Å². The molecule has 0 aromatic carbocycles. The fraction of sp³-hybridized carbons (Fsp3) is 0.538. The number of thioether (sulfide) groups is 1. The average molecular weight is 311 g/mol. The van der Waals surface area contributed by atoms with Gasteiger partial charge in [0.1, 0.15) is 0 Å². The zero-order valence-electron chi connectivity index (χ0n) is 11.0. The van der Waals surface area contributed by atoms with E-state index in [1.165, 1.54) is 0 Å². The Bertz CT molecular complexity index is 573. The predicted octanol–water partition coefficient (Wildman–Crippen LogP) is 1.31. The van der Waals surface area contributed by atoms with Gasteiger partial charge in [0.25, 0.3) is 0 Å². The van der Waals surface area contributed by atoms with E-state index in [0.29, 0.717) is 6.54 Å². The summed E-state index contributed by atoms with van der Waals surface area (Å²) < 4.78 is 1.92. The molecule has 1 fully saturated rings. The minimum atomic E-state index is -0.727. The Kier molecular flexibility index (Phi) is 4.00. The summed E-state index contributed by atoms with van der Waals surface area (Å²) in [5.74, 6) is 1.84. The fourth-order valence-corrected chi connectivity index (χ4v) is 4.25. The highest BCUT2D eigenvalue weighted by Crippen LogP contribution is 2.26. The molecule has 0 unspecified atom stereocenters. The number of hydrogen-bond acceptors (Lipinski definition) is 5. The largest absolute Gasteiger partial charge is 0.388 e. The van der Waals surface area contributed by atoms with Crippen LogP contribution in [0.25, 0.3) is 4.96 Å². The van der Waals surface area contributed by atoms with Gasteiger partial charge in [-0.05, 0) is 24.3 Å². The molecule has 0 atom stereocenters. The zero-order valence-corrected chi connectivity index (χ0v) is 12.7. The molecule has 2 N–H and O–H groups in total. The van der Waals surface area contributed by atoms with E-state index in [1.54, 1.807) is 11.3 Å². The first-order valence-corrected chi connectivity index (χ1v) is 8.66. The van der Waals surface area contributed by atoms with Gasteiger partial charge >= 0.3 is 0 Å². The fourth-order valence-electron chi connectivity index (χ4n) is 2.28. The van der Waals surface area contributed by atoms with Crippen molar-refractivity contribution in [2.45, 2.75) is 24.9 Å². The number of hydrogen-bond donors (Lipinski definition) is 2. The van der Waals surface area contributed by atoms with Crippen molar-refractivity contribution in [3.8, 4) is 0 Å². The van der Waals surface area contributed by atoms with Crippen LogP contribution in [-0.2, 0) is 11.2 Å². The number of amides is 1. The molecule has 1 amide bonds. The second-order valence-electron chi connectivity index (χ2n) is 5.12. The molecule has 20 heavy (non-hydrogen) atoms. The number of rotatable bonds is 4. The maximum Gasteiger partial charge on any atom is 0.226 e. The molecule has 0 spiro atoms. The minimum absolute atomic E-state index is 0.0811. The molecule has 3 rings (SSSR count). The average Bonchev–Trinajstić information content (AvgIpc) is 2.98. The number of fused-ring (bicyclic) bond motifs is 1. The number of imidazole rings is 1. The van der Waals surface area contributed by atoms with Crippen LogP contribution in [0, 0.1) is 0 Å². The van der Waals surface area contributed by atoms with E-state index in [2.05, 4.69) is 10.3 Å². The van der Waals surface area contributed by atoms with E-state index in [0.717, 1.165) is 35.0 Å². The molecule has 0 radical (unpaired) electrons. The summed E-state index contributed by atoms with van der Waals surface area (Å²) in [7, 11) is 0. The Morgan fingerprint density at radius 3 is 3.05 bits per heavy atom. The number of nitrogens with zero attached hydrogens (tertiary/aromatic N) is 2. The van der Waals surface area contributed by atoms with Gasteiger partial charge in [-0.25, -0.2) is 4.98 Å². The van der Waals surface area contributed by atoms with Crippen molar-refractivity contribution < 1.29 is 9.90 Å². The second kappa shape index (κ2) is 5.75. The van der Waals surface area contributed by atoms with Crippen LogP contribution in [0.1, 0.15) is 18.5 Å². The maximum atomic E-state index is 11.9.